The summed E-state index contributed by atoms with van der Waals surface area (Å²) in [5, 5.41) is 5.22. The second-order valence-electron chi connectivity index (χ2n) is 5.94. The predicted molar refractivity (Wildman–Crippen MR) is 114 cm³/mol. The SMILES string of the molecule is CCOc1ccccc1NC1=C(Cl)C(=O)C(Nc2ccc(OC)cc2)=C(Cl)C1=O. The molecule has 0 bridgehead atoms. The molecule has 6 nitrogen and oxygen atoms in total. The molecule has 1 aliphatic rings. The number of carbonyl (C=O) groups excluding carboxylic acids is 2. The Labute approximate surface area is 178 Å². The van der Waals surface area contributed by atoms with Crippen molar-refractivity contribution < 1.29 is 19.1 Å². The van der Waals surface area contributed by atoms with Gasteiger partial charge in [-0.15, -0.1) is 0 Å². The van der Waals surface area contributed by atoms with Crippen LogP contribution >= 0.6 is 23.2 Å². The quantitative estimate of drug-likeness (QED) is 0.618. The lowest BCUT2D eigenvalue weighted by Gasteiger charge is -2.21. The van der Waals surface area contributed by atoms with Gasteiger partial charge >= 0.3 is 0 Å². The van der Waals surface area contributed by atoms with Gasteiger partial charge in [-0.05, 0) is 43.3 Å². The summed E-state index contributed by atoms with van der Waals surface area (Å²) in [7, 11) is 1.55. The van der Waals surface area contributed by atoms with Crippen molar-refractivity contribution in [1.82, 2.24) is 0 Å². The molecule has 2 aromatic rings. The van der Waals surface area contributed by atoms with Crippen LogP contribution in [0.5, 0.6) is 11.5 Å². The number of methoxy groups -OCH3 is 1. The third-order valence-corrected chi connectivity index (χ3v) is 4.82. The zero-order valence-electron chi connectivity index (χ0n) is 15.7. The number of ether oxygens (including phenoxy) is 2. The molecule has 0 aromatic heterocycles. The van der Waals surface area contributed by atoms with E-state index in [2.05, 4.69) is 10.6 Å². The lowest BCUT2D eigenvalue weighted by molar-refractivity contribution is -0.115. The number of carbonyl (C=O) groups is 2. The Morgan fingerprint density at radius 1 is 0.862 bits per heavy atom. The Morgan fingerprint density at radius 2 is 1.45 bits per heavy atom. The van der Waals surface area contributed by atoms with Crippen LogP contribution in [-0.2, 0) is 9.59 Å². The van der Waals surface area contributed by atoms with E-state index < -0.39 is 11.6 Å². The summed E-state index contributed by atoms with van der Waals surface area (Å²) in [6.45, 7) is 2.28. The van der Waals surface area contributed by atoms with Gasteiger partial charge in [-0.2, -0.15) is 0 Å². The summed E-state index contributed by atoms with van der Waals surface area (Å²) in [5.41, 5.74) is 0.868. The van der Waals surface area contributed by atoms with Gasteiger partial charge in [-0.3, -0.25) is 9.59 Å². The van der Waals surface area contributed by atoms with E-state index >= 15 is 0 Å². The van der Waals surface area contributed by atoms with Gasteiger partial charge in [0, 0.05) is 5.69 Å². The highest BCUT2D eigenvalue weighted by Crippen LogP contribution is 2.33. The number of anilines is 2. The Kier molecular flexibility index (Phi) is 6.46. The second kappa shape index (κ2) is 9.03. The van der Waals surface area contributed by atoms with E-state index in [9.17, 15) is 9.59 Å². The van der Waals surface area contributed by atoms with Crippen molar-refractivity contribution in [2.45, 2.75) is 6.92 Å². The number of nitrogens with one attached hydrogen (secondary N) is 2. The number of hydrogen-bond acceptors (Lipinski definition) is 6. The molecular formula is C21H18Cl2N2O4. The van der Waals surface area contributed by atoms with Crippen LogP contribution in [0.3, 0.4) is 0 Å². The molecule has 29 heavy (non-hydrogen) atoms. The largest absolute Gasteiger partial charge is 0.497 e. The molecule has 0 atom stereocenters. The van der Waals surface area contributed by atoms with E-state index in [4.69, 9.17) is 32.7 Å². The number of ketones is 2. The average molecular weight is 433 g/mol. The molecule has 2 N–H and O–H groups in total. The number of benzene rings is 2. The van der Waals surface area contributed by atoms with Crippen LogP contribution in [0.2, 0.25) is 0 Å². The maximum absolute atomic E-state index is 12.8. The summed E-state index contributed by atoms with van der Waals surface area (Å²) >= 11 is 12.5. The fourth-order valence-corrected chi connectivity index (χ4v) is 3.13. The fourth-order valence-electron chi connectivity index (χ4n) is 2.67. The van der Waals surface area contributed by atoms with Gasteiger partial charge in [-0.1, -0.05) is 35.3 Å². The standard InChI is InChI=1S/C21H18Cl2N2O4/c1-3-29-15-7-5-4-6-14(15)25-19-17(23)20(26)18(16(22)21(19)27)24-12-8-10-13(28-2)11-9-12/h4-11,24-25H,3H2,1-2H3. The third-order valence-electron chi connectivity index (χ3n) is 4.10. The molecule has 0 spiro atoms. The molecule has 0 fully saturated rings. The van der Waals surface area contributed by atoms with E-state index in [1.54, 1.807) is 55.6 Å². The molecule has 0 saturated heterocycles. The number of halogens is 2. The zero-order chi connectivity index (χ0) is 21.0. The summed E-state index contributed by atoms with van der Waals surface area (Å²) in [6.07, 6.45) is 0. The molecule has 150 valence electrons. The molecule has 2 aromatic carbocycles. The molecule has 0 amide bonds. The van der Waals surface area contributed by atoms with Crippen LogP contribution in [0, 0.1) is 0 Å². The minimum atomic E-state index is -0.599. The molecule has 8 heteroatoms. The first-order chi connectivity index (χ1) is 14.0. The molecule has 0 saturated carbocycles. The third kappa shape index (κ3) is 4.39. The van der Waals surface area contributed by atoms with Gasteiger partial charge in [-0.25, -0.2) is 0 Å². The Bertz CT molecular complexity index is 1010. The van der Waals surface area contributed by atoms with E-state index in [0.717, 1.165) is 0 Å². The first-order valence-electron chi connectivity index (χ1n) is 8.75. The zero-order valence-corrected chi connectivity index (χ0v) is 17.2. The van der Waals surface area contributed by atoms with Crippen molar-refractivity contribution in [3.05, 3.63) is 70.0 Å². The topological polar surface area (TPSA) is 76.7 Å². The van der Waals surface area contributed by atoms with Gasteiger partial charge in [0.2, 0.25) is 11.6 Å². The summed E-state index contributed by atoms with van der Waals surface area (Å²) in [5.74, 6) is -0.0180. The second-order valence-corrected chi connectivity index (χ2v) is 6.70. The molecule has 0 unspecified atom stereocenters. The average Bonchev–Trinajstić information content (AvgIpc) is 2.74. The van der Waals surface area contributed by atoms with E-state index in [1.807, 2.05) is 6.92 Å². The van der Waals surface area contributed by atoms with Crippen molar-refractivity contribution in [2.75, 3.05) is 24.4 Å². The first-order valence-corrected chi connectivity index (χ1v) is 9.50. The maximum Gasteiger partial charge on any atom is 0.224 e. The number of Topliss-reactive ketones (excluding diaryl/α,β-unsaturated/α-hetero) is 2. The van der Waals surface area contributed by atoms with Gasteiger partial charge in [0.1, 0.15) is 33.0 Å². The van der Waals surface area contributed by atoms with Gasteiger partial charge < -0.3 is 20.1 Å². The Hall–Kier alpha value is -2.96. The van der Waals surface area contributed by atoms with Crippen molar-refractivity contribution in [3.63, 3.8) is 0 Å². The van der Waals surface area contributed by atoms with Crippen LogP contribution in [0.4, 0.5) is 11.4 Å². The summed E-state index contributed by atoms with van der Waals surface area (Å²) in [6, 6.07) is 13.8. The Balaban J connectivity index is 1.88. The Morgan fingerprint density at radius 3 is 2.03 bits per heavy atom. The van der Waals surface area contributed by atoms with Gasteiger partial charge in [0.25, 0.3) is 0 Å². The minimum absolute atomic E-state index is 0.0875. The van der Waals surface area contributed by atoms with E-state index in [-0.39, 0.29) is 21.5 Å². The molecule has 0 heterocycles. The number of allylic oxidation sites excluding steroid dienone is 2. The normalized spacial score (nSPS) is 14.2. The van der Waals surface area contributed by atoms with Gasteiger partial charge in [0.15, 0.2) is 0 Å². The van der Waals surface area contributed by atoms with Crippen molar-refractivity contribution in [1.29, 1.82) is 0 Å². The molecule has 0 radical (unpaired) electrons. The highest BCUT2D eigenvalue weighted by atomic mass is 35.5. The summed E-state index contributed by atoms with van der Waals surface area (Å²) in [4.78, 5) is 25.6. The summed E-state index contributed by atoms with van der Waals surface area (Å²) < 4.78 is 10.6. The number of para-hydroxylation sites is 2. The van der Waals surface area contributed by atoms with Crippen LogP contribution in [0.1, 0.15) is 6.92 Å². The van der Waals surface area contributed by atoms with Crippen molar-refractivity contribution >= 4 is 46.1 Å². The van der Waals surface area contributed by atoms with Crippen LogP contribution in [-0.4, -0.2) is 25.3 Å². The van der Waals surface area contributed by atoms with Crippen LogP contribution < -0.4 is 20.1 Å². The van der Waals surface area contributed by atoms with Crippen molar-refractivity contribution in [2.24, 2.45) is 0 Å². The minimum Gasteiger partial charge on any atom is -0.497 e. The lowest BCUT2D eigenvalue weighted by atomic mass is 10.0. The van der Waals surface area contributed by atoms with Crippen LogP contribution in [0.25, 0.3) is 0 Å². The highest BCUT2D eigenvalue weighted by molar-refractivity contribution is 6.56. The molecular weight excluding hydrogens is 415 g/mol. The molecule has 1 aliphatic carbocycles. The lowest BCUT2D eigenvalue weighted by Crippen LogP contribution is -2.27. The van der Waals surface area contributed by atoms with Gasteiger partial charge in [0.05, 0.1) is 19.4 Å². The monoisotopic (exact) mass is 432 g/mol. The highest BCUT2D eigenvalue weighted by Gasteiger charge is 2.34. The predicted octanol–water partition coefficient (Wildman–Crippen LogP) is 4.67. The van der Waals surface area contributed by atoms with E-state index in [1.165, 1.54) is 0 Å². The first kappa shape index (κ1) is 20.8. The molecule has 3 rings (SSSR count). The van der Waals surface area contributed by atoms with E-state index in [0.29, 0.717) is 29.5 Å². The van der Waals surface area contributed by atoms with Crippen LogP contribution in [0.15, 0.2) is 70.0 Å². The molecule has 0 aliphatic heterocycles. The smallest absolute Gasteiger partial charge is 0.224 e. The number of rotatable bonds is 7. The fraction of sp³-hybridized carbons (Fsp3) is 0.143. The number of hydrogen-bond donors (Lipinski definition) is 2. The maximum atomic E-state index is 12.8. The van der Waals surface area contributed by atoms with Crippen molar-refractivity contribution in [3.8, 4) is 11.5 Å².